The number of quaternary nitrogens is 2. The first-order valence-corrected chi connectivity index (χ1v) is 19.2. The number of rotatable bonds is 6. The molecule has 9 aliphatic rings. The summed E-state index contributed by atoms with van der Waals surface area (Å²) < 4.78 is 2.12. The Hall–Kier alpha value is -3.68. The molecule has 4 bridgehead atoms. The van der Waals surface area contributed by atoms with E-state index in [4.69, 9.17) is 0 Å². The SMILES string of the molecule is C=CC[N@@+]12CC[C@@]34c5ccccc5N5C=C6[C@H]7C[C@H]8[C@@]9(CC[N@@+]8(CC=C)C/C7=C/CO)c7ccccc7N(/C=C(/[C@@H](C[C@@H]31)/C(=C\CO)C2)[C@H]54)[C@@H]69. The Kier molecular flexibility index (Phi) is 6.00. The van der Waals surface area contributed by atoms with Crippen molar-refractivity contribution < 1.29 is 19.2 Å². The average molecular weight is 667 g/mol. The van der Waals surface area contributed by atoms with Gasteiger partial charge in [0, 0.05) is 61.3 Å². The molecule has 256 valence electrons. The molecule has 4 saturated heterocycles. The van der Waals surface area contributed by atoms with Gasteiger partial charge in [0.2, 0.25) is 0 Å². The van der Waals surface area contributed by atoms with Gasteiger partial charge >= 0.3 is 0 Å². The average Bonchev–Trinajstić information content (AvgIpc) is 3.81. The van der Waals surface area contributed by atoms with E-state index < -0.39 is 0 Å². The van der Waals surface area contributed by atoms with Crippen LogP contribution in [0.1, 0.15) is 36.8 Å². The number of benzene rings is 2. The Balaban J connectivity index is 1.22. The molecule has 6 fully saturated rings. The molecular formula is C44H50N4O2+2. The molecule has 2 saturated carbocycles. The fourth-order valence-corrected chi connectivity index (χ4v) is 14.6. The van der Waals surface area contributed by atoms with E-state index in [1.807, 2.05) is 0 Å². The lowest BCUT2D eigenvalue weighted by Gasteiger charge is -2.59. The molecule has 6 nitrogen and oxygen atoms in total. The molecule has 0 radical (unpaired) electrons. The van der Waals surface area contributed by atoms with Gasteiger partial charge in [0.05, 0.1) is 62.3 Å². The lowest BCUT2D eigenvalue weighted by atomic mass is 9.56. The second-order valence-electron chi connectivity index (χ2n) is 17.2. The van der Waals surface area contributed by atoms with Crippen LogP contribution in [-0.2, 0) is 10.8 Å². The van der Waals surface area contributed by atoms with Crippen molar-refractivity contribution in [2.75, 3.05) is 62.3 Å². The number of aliphatic hydroxyl groups is 2. The summed E-state index contributed by atoms with van der Waals surface area (Å²) in [5, 5.41) is 20.9. The summed E-state index contributed by atoms with van der Waals surface area (Å²) in [6.07, 6.45) is 18.6. The molecule has 2 aromatic rings. The zero-order valence-electron chi connectivity index (χ0n) is 29.1. The number of hydrogen-bond donors (Lipinski definition) is 2. The molecule has 11 rings (SSSR count). The molecule has 2 spiro atoms. The first kappa shape index (κ1) is 30.0. The van der Waals surface area contributed by atoms with Crippen molar-refractivity contribution in [1.29, 1.82) is 0 Å². The van der Waals surface area contributed by atoms with Gasteiger partial charge in [0.25, 0.3) is 0 Å². The van der Waals surface area contributed by atoms with Crippen molar-refractivity contribution in [1.82, 2.24) is 0 Å². The van der Waals surface area contributed by atoms with Crippen LogP contribution in [0, 0.1) is 11.8 Å². The number of para-hydroxylation sites is 2. The highest BCUT2D eigenvalue weighted by molar-refractivity contribution is 5.77. The Morgan fingerprint density at radius 1 is 0.680 bits per heavy atom. The summed E-state index contributed by atoms with van der Waals surface area (Å²) in [6, 6.07) is 20.3. The van der Waals surface area contributed by atoms with Gasteiger partial charge in [0.15, 0.2) is 0 Å². The molecule has 2 aromatic carbocycles. The first-order chi connectivity index (χ1) is 24.5. The Morgan fingerprint density at radius 3 is 1.54 bits per heavy atom. The molecule has 7 heterocycles. The fourth-order valence-electron chi connectivity index (χ4n) is 14.6. The van der Waals surface area contributed by atoms with E-state index in [0.29, 0.717) is 23.9 Å². The number of hydrogen-bond acceptors (Lipinski definition) is 4. The maximum Gasteiger partial charge on any atom is 0.103 e. The maximum atomic E-state index is 10.5. The van der Waals surface area contributed by atoms with Crippen molar-refractivity contribution in [2.24, 2.45) is 11.8 Å². The third-order valence-corrected chi connectivity index (χ3v) is 15.9. The normalized spacial score (nSPS) is 44.4. The van der Waals surface area contributed by atoms with E-state index in [1.54, 1.807) is 11.1 Å². The third-order valence-electron chi connectivity index (χ3n) is 15.9. The van der Waals surface area contributed by atoms with Crippen LogP contribution in [0.5, 0.6) is 0 Å². The van der Waals surface area contributed by atoms with Crippen LogP contribution >= 0.6 is 0 Å². The largest absolute Gasteiger partial charge is 0.392 e. The summed E-state index contributed by atoms with van der Waals surface area (Å²) in [7, 11) is 0. The summed E-state index contributed by atoms with van der Waals surface area (Å²) in [5.41, 5.74) is 11.8. The summed E-state index contributed by atoms with van der Waals surface area (Å²) in [6.45, 7) is 15.0. The third kappa shape index (κ3) is 3.24. The van der Waals surface area contributed by atoms with Crippen LogP contribution in [0.2, 0.25) is 0 Å². The van der Waals surface area contributed by atoms with Crippen LogP contribution < -0.4 is 9.80 Å². The second kappa shape index (κ2) is 10.0. The molecule has 2 N–H and O–H groups in total. The molecule has 7 aliphatic heterocycles. The van der Waals surface area contributed by atoms with Gasteiger partial charge in [0.1, 0.15) is 25.2 Å². The predicted molar refractivity (Wildman–Crippen MR) is 198 cm³/mol. The summed E-state index contributed by atoms with van der Waals surface area (Å²) >= 11 is 0. The van der Waals surface area contributed by atoms with E-state index >= 15 is 0 Å². The first-order valence-electron chi connectivity index (χ1n) is 19.2. The van der Waals surface area contributed by atoms with Crippen LogP contribution in [0.15, 0.2) is 121 Å². The highest BCUT2D eigenvalue weighted by Crippen LogP contribution is 2.69. The molecular weight excluding hydrogens is 617 g/mol. The van der Waals surface area contributed by atoms with Crippen molar-refractivity contribution in [3.05, 3.63) is 132 Å². The minimum Gasteiger partial charge on any atom is -0.392 e. The second-order valence-corrected chi connectivity index (χ2v) is 17.2. The van der Waals surface area contributed by atoms with Crippen LogP contribution in [0.3, 0.4) is 0 Å². The summed E-state index contributed by atoms with van der Waals surface area (Å²) in [4.78, 5) is 5.54. The van der Waals surface area contributed by atoms with Gasteiger partial charge in [-0.1, -0.05) is 61.7 Å². The minimum atomic E-state index is 0.0183. The molecule has 50 heavy (non-hydrogen) atoms. The smallest absolute Gasteiger partial charge is 0.103 e. The monoisotopic (exact) mass is 666 g/mol. The Morgan fingerprint density at radius 2 is 1.12 bits per heavy atom. The van der Waals surface area contributed by atoms with Gasteiger partial charge in [-0.2, -0.15) is 0 Å². The van der Waals surface area contributed by atoms with E-state index in [0.717, 1.165) is 73.9 Å². The topological polar surface area (TPSA) is 46.9 Å². The number of nitrogens with zero attached hydrogens (tertiary/aromatic N) is 4. The van der Waals surface area contributed by atoms with Crippen molar-refractivity contribution in [3.8, 4) is 0 Å². The van der Waals surface area contributed by atoms with Crippen LogP contribution in [-0.4, -0.2) is 95.8 Å². The van der Waals surface area contributed by atoms with Crippen molar-refractivity contribution >= 4 is 11.4 Å². The molecule has 0 amide bonds. The highest BCUT2D eigenvalue weighted by Gasteiger charge is 2.75. The zero-order chi connectivity index (χ0) is 33.6. The molecule has 6 heteroatoms. The van der Waals surface area contributed by atoms with Gasteiger partial charge < -0.3 is 29.0 Å². The fraction of sp³-hybridized carbons (Fsp3) is 0.455. The Bertz CT molecular complexity index is 1850. The van der Waals surface area contributed by atoms with Gasteiger partial charge in [-0.05, 0) is 57.7 Å². The highest BCUT2D eigenvalue weighted by atomic mass is 16.3. The Labute approximate surface area is 296 Å². The number of fused-ring (bicyclic) bond motifs is 8. The number of anilines is 2. The van der Waals surface area contributed by atoms with Gasteiger partial charge in [-0.25, -0.2) is 0 Å². The zero-order valence-corrected chi connectivity index (χ0v) is 29.1. The molecule has 0 unspecified atom stereocenters. The van der Waals surface area contributed by atoms with E-state index in [2.05, 4.69) is 108 Å². The van der Waals surface area contributed by atoms with E-state index in [-0.39, 0.29) is 36.1 Å². The van der Waals surface area contributed by atoms with Gasteiger partial charge in [-0.3, -0.25) is 0 Å². The van der Waals surface area contributed by atoms with E-state index in [1.165, 1.54) is 33.6 Å². The van der Waals surface area contributed by atoms with Crippen LogP contribution in [0.4, 0.5) is 11.4 Å². The standard InChI is InChI=1S/C44H50N4O2/c1-3-17-47-19-15-43-35-9-5-7-11-37(35)45-26-34-32-24-40-44(16-20-48(40,18-4-2)28-30(32)14-22-50)36-10-6-8-12-38(36)46(42(34)44)25-33(41(43)45)31(23-39(43)47)29(27-47)13-21-49/h3-14,25-26,31-32,39-42,49-50H,1-2,15-24,27-28H2/q+2/b29-13-,30-14-,33-25-,34-26?/t31-,32-,39-,40-,41-,42-,43+,44+,47-,48-/m0/s1. The molecule has 2 aliphatic carbocycles. The van der Waals surface area contributed by atoms with Crippen molar-refractivity contribution in [3.63, 3.8) is 0 Å². The van der Waals surface area contributed by atoms with Gasteiger partial charge in [-0.15, -0.1) is 0 Å². The molecule has 0 aromatic heterocycles. The quantitative estimate of drug-likeness (QED) is 0.317. The molecule has 10 atom stereocenters. The minimum absolute atomic E-state index is 0.0183. The lowest BCUT2D eigenvalue weighted by Crippen LogP contribution is -2.69. The van der Waals surface area contributed by atoms with E-state index in [9.17, 15) is 10.2 Å². The predicted octanol–water partition coefficient (Wildman–Crippen LogP) is 5.48. The van der Waals surface area contributed by atoms with Crippen LogP contribution in [0.25, 0.3) is 0 Å². The number of aliphatic hydroxyl groups excluding tert-OH is 2. The maximum absolute atomic E-state index is 10.5. The number of piperidine rings is 2. The summed E-state index contributed by atoms with van der Waals surface area (Å²) in [5.74, 6) is 0.615. The van der Waals surface area contributed by atoms with Crippen molar-refractivity contribution in [2.45, 2.75) is 60.7 Å². The lowest BCUT2D eigenvalue weighted by molar-refractivity contribution is -0.937.